The van der Waals surface area contributed by atoms with E-state index in [1.165, 1.54) is 0 Å². The standard InChI is InChI=1S/C28H19NO6/c30-27(31)20-11-9-17(18-5-1-2-6-19(18)20)14-29-22-8-4-3-7-21(22)25(26(29)28(32)33)16-10-12-23-24(13-16)35-15-34-23/h1-13H,14-15H2,(H,30,31)(H,32,33). The topological polar surface area (TPSA) is 98.0 Å². The summed E-state index contributed by atoms with van der Waals surface area (Å²) >= 11 is 0. The van der Waals surface area contributed by atoms with Gasteiger partial charge in [-0.25, -0.2) is 9.59 Å². The highest BCUT2D eigenvalue weighted by molar-refractivity contribution is 6.09. The molecular weight excluding hydrogens is 446 g/mol. The van der Waals surface area contributed by atoms with Crippen molar-refractivity contribution in [3.05, 3.63) is 95.7 Å². The Hall–Kier alpha value is -4.78. The molecule has 7 heteroatoms. The van der Waals surface area contributed by atoms with Gasteiger partial charge in [0, 0.05) is 23.0 Å². The van der Waals surface area contributed by atoms with Crippen LogP contribution in [0.15, 0.2) is 78.9 Å². The maximum Gasteiger partial charge on any atom is 0.353 e. The second kappa shape index (κ2) is 7.92. The smallest absolute Gasteiger partial charge is 0.353 e. The Morgan fingerprint density at radius 2 is 1.49 bits per heavy atom. The molecule has 5 aromatic rings. The van der Waals surface area contributed by atoms with Gasteiger partial charge in [-0.05, 0) is 46.2 Å². The van der Waals surface area contributed by atoms with Gasteiger partial charge in [-0.1, -0.05) is 54.6 Å². The molecule has 0 amide bonds. The van der Waals surface area contributed by atoms with E-state index in [0.717, 1.165) is 21.9 Å². The lowest BCUT2D eigenvalue weighted by Crippen LogP contribution is -2.11. The van der Waals surface area contributed by atoms with Crippen LogP contribution < -0.4 is 9.47 Å². The lowest BCUT2D eigenvalue weighted by molar-refractivity contribution is 0.0681. The molecule has 4 aromatic carbocycles. The zero-order valence-electron chi connectivity index (χ0n) is 18.4. The summed E-state index contributed by atoms with van der Waals surface area (Å²) in [4.78, 5) is 24.4. The fourth-order valence-electron chi connectivity index (χ4n) is 4.89. The van der Waals surface area contributed by atoms with Crippen LogP contribution in [0.3, 0.4) is 0 Å². The number of carbonyl (C=O) groups is 2. The zero-order valence-corrected chi connectivity index (χ0v) is 18.4. The summed E-state index contributed by atoms with van der Waals surface area (Å²) in [5.41, 5.74) is 3.26. The molecule has 1 aliphatic heterocycles. The molecule has 0 spiro atoms. The van der Waals surface area contributed by atoms with E-state index in [2.05, 4.69) is 0 Å². The first-order chi connectivity index (χ1) is 17.0. The number of carboxylic acids is 2. The molecule has 1 aliphatic rings. The van der Waals surface area contributed by atoms with Gasteiger partial charge < -0.3 is 24.3 Å². The quantitative estimate of drug-likeness (QED) is 0.349. The van der Waals surface area contributed by atoms with Crippen LogP contribution in [0, 0.1) is 0 Å². The van der Waals surface area contributed by atoms with Gasteiger partial charge in [-0.3, -0.25) is 0 Å². The maximum absolute atomic E-state index is 12.7. The zero-order chi connectivity index (χ0) is 24.1. The van der Waals surface area contributed by atoms with Crippen LogP contribution in [0.2, 0.25) is 0 Å². The number of hydrogen-bond acceptors (Lipinski definition) is 4. The average Bonchev–Trinajstić information content (AvgIpc) is 3.46. The van der Waals surface area contributed by atoms with E-state index in [1.54, 1.807) is 41.0 Å². The van der Waals surface area contributed by atoms with Gasteiger partial charge >= 0.3 is 11.9 Å². The van der Waals surface area contributed by atoms with E-state index in [4.69, 9.17) is 9.47 Å². The van der Waals surface area contributed by atoms with Crippen molar-refractivity contribution < 1.29 is 29.3 Å². The maximum atomic E-state index is 12.7. The number of hydrogen-bond donors (Lipinski definition) is 2. The van der Waals surface area contributed by atoms with Crippen LogP contribution in [0.4, 0.5) is 0 Å². The Morgan fingerprint density at radius 3 is 2.26 bits per heavy atom. The van der Waals surface area contributed by atoms with Crippen LogP contribution in [0.25, 0.3) is 32.8 Å². The largest absolute Gasteiger partial charge is 0.478 e. The molecule has 0 radical (unpaired) electrons. The molecule has 2 heterocycles. The minimum atomic E-state index is -1.06. The molecule has 172 valence electrons. The normalized spacial score (nSPS) is 12.3. The van der Waals surface area contributed by atoms with Gasteiger partial charge in [-0.15, -0.1) is 0 Å². The van der Waals surface area contributed by atoms with Gasteiger partial charge in [0.25, 0.3) is 0 Å². The molecule has 1 aromatic heterocycles. The number of rotatable bonds is 5. The first-order valence-electron chi connectivity index (χ1n) is 11.0. The van der Waals surface area contributed by atoms with Crippen molar-refractivity contribution in [1.82, 2.24) is 4.57 Å². The van der Waals surface area contributed by atoms with Crippen LogP contribution >= 0.6 is 0 Å². The van der Waals surface area contributed by atoms with Crippen molar-refractivity contribution in [2.75, 3.05) is 6.79 Å². The lowest BCUT2D eigenvalue weighted by Gasteiger charge is -2.13. The Kier molecular flexibility index (Phi) is 4.70. The summed E-state index contributed by atoms with van der Waals surface area (Å²) in [6.07, 6.45) is 0. The van der Waals surface area contributed by atoms with Gasteiger partial charge in [0.1, 0.15) is 5.69 Å². The van der Waals surface area contributed by atoms with Crippen LogP contribution in [-0.4, -0.2) is 33.5 Å². The lowest BCUT2D eigenvalue weighted by atomic mass is 9.99. The first kappa shape index (κ1) is 20.8. The van der Waals surface area contributed by atoms with Gasteiger partial charge in [0.15, 0.2) is 11.5 Å². The third kappa shape index (κ3) is 3.28. The Balaban J connectivity index is 1.59. The fraction of sp³-hybridized carbons (Fsp3) is 0.0714. The Labute approximate surface area is 199 Å². The van der Waals surface area contributed by atoms with E-state index in [9.17, 15) is 19.8 Å². The Bertz CT molecular complexity index is 1670. The summed E-state index contributed by atoms with van der Waals surface area (Å²) in [7, 11) is 0. The van der Waals surface area contributed by atoms with E-state index < -0.39 is 11.9 Å². The van der Waals surface area contributed by atoms with Gasteiger partial charge in [-0.2, -0.15) is 0 Å². The molecule has 0 bridgehead atoms. The summed E-state index contributed by atoms with van der Waals surface area (Å²) < 4.78 is 12.7. The number of ether oxygens (including phenoxy) is 2. The number of nitrogens with zero attached hydrogens (tertiary/aromatic N) is 1. The van der Waals surface area contributed by atoms with Crippen molar-refractivity contribution in [3.63, 3.8) is 0 Å². The summed E-state index contributed by atoms with van der Waals surface area (Å²) in [5.74, 6) is -0.860. The van der Waals surface area contributed by atoms with Crippen LogP contribution in [-0.2, 0) is 6.54 Å². The highest BCUT2D eigenvalue weighted by Gasteiger charge is 2.26. The minimum absolute atomic E-state index is 0.131. The predicted molar refractivity (Wildman–Crippen MR) is 130 cm³/mol. The van der Waals surface area contributed by atoms with Crippen LogP contribution in [0.1, 0.15) is 26.4 Å². The monoisotopic (exact) mass is 465 g/mol. The molecule has 0 fully saturated rings. The highest BCUT2D eigenvalue weighted by atomic mass is 16.7. The molecule has 7 nitrogen and oxygen atoms in total. The van der Waals surface area contributed by atoms with Crippen molar-refractivity contribution in [2.45, 2.75) is 6.54 Å². The van der Waals surface area contributed by atoms with Crippen molar-refractivity contribution in [1.29, 1.82) is 0 Å². The van der Waals surface area contributed by atoms with Gasteiger partial charge in [0.05, 0.1) is 5.56 Å². The number of carboxylic acid groups (broad SMARTS) is 2. The van der Waals surface area contributed by atoms with E-state index >= 15 is 0 Å². The third-order valence-corrected chi connectivity index (χ3v) is 6.41. The first-order valence-corrected chi connectivity index (χ1v) is 11.0. The van der Waals surface area contributed by atoms with Crippen molar-refractivity contribution >= 4 is 33.6 Å². The van der Waals surface area contributed by atoms with Crippen molar-refractivity contribution in [2.24, 2.45) is 0 Å². The van der Waals surface area contributed by atoms with Crippen molar-refractivity contribution in [3.8, 4) is 22.6 Å². The second-order valence-electron chi connectivity index (χ2n) is 8.32. The number of para-hydroxylation sites is 1. The van der Waals surface area contributed by atoms with E-state index in [-0.39, 0.29) is 24.6 Å². The summed E-state index contributed by atoms with van der Waals surface area (Å²) in [6.45, 7) is 0.388. The van der Waals surface area contributed by atoms with Crippen LogP contribution in [0.5, 0.6) is 11.5 Å². The van der Waals surface area contributed by atoms with Gasteiger partial charge in [0.2, 0.25) is 6.79 Å². The predicted octanol–water partition coefficient (Wildman–Crippen LogP) is 5.63. The van der Waals surface area contributed by atoms with E-state index in [1.807, 2.05) is 42.5 Å². The molecule has 0 atom stereocenters. The minimum Gasteiger partial charge on any atom is -0.478 e. The molecule has 6 rings (SSSR count). The molecule has 0 aliphatic carbocycles. The number of benzene rings is 4. The molecule has 0 saturated carbocycles. The molecule has 0 unspecified atom stereocenters. The number of fused-ring (bicyclic) bond motifs is 3. The molecular formula is C28H19NO6. The second-order valence-corrected chi connectivity index (χ2v) is 8.32. The SMILES string of the molecule is O=C(O)c1ccc(Cn2c(C(=O)O)c(-c3ccc4c(c3)OCO4)c3ccccc32)c2ccccc12. The van der Waals surface area contributed by atoms with E-state index in [0.29, 0.717) is 28.0 Å². The highest BCUT2D eigenvalue weighted by Crippen LogP contribution is 2.41. The summed E-state index contributed by atoms with van der Waals surface area (Å²) in [6, 6.07) is 23.6. The third-order valence-electron chi connectivity index (χ3n) is 6.41. The average molecular weight is 465 g/mol. The fourth-order valence-corrected chi connectivity index (χ4v) is 4.89. The summed E-state index contributed by atoms with van der Waals surface area (Å²) in [5, 5.41) is 22.2. The molecule has 35 heavy (non-hydrogen) atoms. The molecule has 0 saturated heterocycles. The number of aromatic carboxylic acids is 2. The molecule has 2 N–H and O–H groups in total. The number of aromatic nitrogens is 1. The Morgan fingerprint density at radius 1 is 0.771 bits per heavy atom.